The summed E-state index contributed by atoms with van der Waals surface area (Å²) in [6.07, 6.45) is 2.27. The number of hydrogen-bond donors (Lipinski definition) is 2. The molecule has 2 saturated heterocycles. The summed E-state index contributed by atoms with van der Waals surface area (Å²) in [5.74, 6) is 0.761. The van der Waals surface area contributed by atoms with E-state index in [2.05, 4.69) is 15.6 Å². The van der Waals surface area contributed by atoms with E-state index in [1.807, 2.05) is 54.8 Å². The Kier molecular flexibility index (Phi) is 8.28. The van der Waals surface area contributed by atoms with Gasteiger partial charge in [-0.25, -0.2) is 4.99 Å². The number of benzene rings is 1. The van der Waals surface area contributed by atoms with Gasteiger partial charge in [-0.3, -0.25) is 9.59 Å². The van der Waals surface area contributed by atoms with Gasteiger partial charge in [0.05, 0.1) is 25.3 Å². The van der Waals surface area contributed by atoms with E-state index in [0.29, 0.717) is 37.7 Å². The topological polar surface area (TPSA) is 86.3 Å². The third kappa shape index (κ3) is 6.69. The lowest BCUT2D eigenvalue weighted by molar-refractivity contribution is -0.128. The first-order chi connectivity index (χ1) is 15.0. The van der Waals surface area contributed by atoms with E-state index in [9.17, 15) is 9.59 Å². The zero-order valence-corrected chi connectivity index (χ0v) is 18.9. The Morgan fingerprint density at radius 3 is 2.29 bits per heavy atom. The summed E-state index contributed by atoms with van der Waals surface area (Å²) in [5, 5.41) is 6.30. The van der Waals surface area contributed by atoms with Gasteiger partial charge in [-0.1, -0.05) is 12.1 Å². The molecule has 3 rings (SSSR count). The number of amides is 2. The van der Waals surface area contributed by atoms with E-state index in [4.69, 9.17) is 4.74 Å². The molecule has 2 fully saturated rings. The smallest absolute Gasteiger partial charge is 0.254 e. The molecule has 31 heavy (non-hydrogen) atoms. The van der Waals surface area contributed by atoms with Gasteiger partial charge in [0, 0.05) is 38.3 Å². The van der Waals surface area contributed by atoms with Crippen LogP contribution in [0.3, 0.4) is 0 Å². The molecule has 2 aliphatic rings. The number of nitrogens with one attached hydrogen (secondary N) is 2. The summed E-state index contributed by atoms with van der Waals surface area (Å²) in [6.45, 7) is 10.3. The van der Waals surface area contributed by atoms with E-state index in [1.54, 1.807) is 0 Å². The van der Waals surface area contributed by atoms with E-state index in [0.717, 1.165) is 31.5 Å². The maximum atomic E-state index is 12.8. The van der Waals surface area contributed by atoms with Crippen molar-refractivity contribution in [2.24, 2.45) is 4.99 Å². The molecule has 0 spiro atoms. The van der Waals surface area contributed by atoms with Crippen molar-refractivity contribution in [2.75, 3.05) is 39.3 Å². The summed E-state index contributed by atoms with van der Waals surface area (Å²) in [7, 11) is 0. The minimum Gasteiger partial charge on any atom is -0.372 e. The predicted molar refractivity (Wildman–Crippen MR) is 121 cm³/mol. The van der Waals surface area contributed by atoms with Gasteiger partial charge in [0.15, 0.2) is 5.96 Å². The molecule has 0 bridgehead atoms. The highest BCUT2D eigenvalue weighted by Gasteiger charge is 2.26. The van der Waals surface area contributed by atoms with Crippen molar-refractivity contribution in [3.63, 3.8) is 0 Å². The van der Waals surface area contributed by atoms with Gasteiger partial charge >= 0.3 is 0 Å². The molecule has 8 nitrogen and oxygen atoms in total. The van der Waals surface area contributed by atoms with Crippen molar-refractivity contribution in [3.8, 4) is 0 Å². The Morgan fingerprint density at radius 2 is 1.68 bits per heavy atom. The molecule has 8 heteroatoms. The second-order valence-electron chi connectivity index (χ2n) is 8.30. The molecule has 0 radical (unpaired) electrons. The number of ether oxygens (including phenoxy) is 1. The van der Waals surface area contributed by atoms with E-state index in [-0.39, 0.29) is 30.6 Å². The van der Waals surface area contributed by atoms with E-state index >= 15 is 0 Å². The van der Waals surface area contributed by atoms with Crippen LogP contribution in [-0.2, 0) is 16.1 Å². The minimum atomic E-state index is 0.0347. The zero-order chi connectivity index (χ0) is 22.2. The summed E-state index contributed by atoms with van der Waals surface area (Å²) in [5.41, 5.74) is 1.68. The maximum Gasteiger partial charge on any atom is 0.254 e. The Bertz CT molecular complexity index is 764. The molecule has 2 amide bonds. The third-order valence-electron chi connectivity index (χ3n) is 5.54. The van der Waals surface area contributed by atoms with Crippen LogP contribution >= 0.6 is 0 Å². The van der Waals surface area contributed by atoms with Gasteiger partial charge in [-0.05, 0) is 51.3 Å². The molecule has 0 aliphatic carbocycles. The number of aliphatic imine (C=N–C) groups is 1. The van der Waals surface area contributed by atoms with Crippen LogP contribution in [0.1, 0.15) is 49.5 Å². The van der Waals surface area contributed by atoms with Crippen LogP contribution in [0, 0.1) is 0 Å². The fourth-order valence-electron chi connectivity index (χ4n) is 4.03. The SMILES string of the molecule is CCNC(=NCc1ccc(C(=O)N2CC(C)OC(C)C2)cc1)NCC(=O)N1CCCC1. The number of morpholine rings is 1. The minimum absolute atomic E-state index is 0.0347. The first-order valence-electron chi connectivity index (χ1n) is 11.3. The molecule has 2 N–H and O–H groups in total. The molecular weight excluding hydrogens is 394 g/mol. The number of nitrogens with zero attached hydrogens (tertiary/aromatic N) is 3. The number of rotatable bonds is 6. The molecule has 2 aliphatic heterocycles. The summed E-state index contributed by atoms with van der Waals surface area (Å²) >= 11 is 0. The van der Waals surface area contributed by atoms with Crippen molar-refractivity contribution in [3.05, 3.63) is 35.4 Å². The first-order valence-corrected chi connectivity index (χ1v) is 11.3. The monoisotopic (exact) mass is 429 g/mol. The molecule has 1 aromatic rings. The summed E-state index contributed by atoms with van der Waals surface area (Å²) in [6, 6.07) is 7.58. The number of hydrogen-bond acceptors (Lipinski definition) is 4. The van der Waals surface area contributed by atoms with Crippen LogP contribution in [0.15, 0.2) is 29.3 Å². The second kappa shape index (κ2) is 11.1. The van der Waals surface area contributed by atoms with Gasteiger partial charge in [-0.2, -0.15) is 0 Å². The molecule has 0 aromatic heterocycles. The van der Waals surface area contributed by atoms with Crippen molar-refractivity contribution >= 4 is 17.8 Å². The summed E-state index contributed by atoms with van der Waals surface area (Å²) in [4.78, 5) is 33.4. The Morgan fingerprint density at radius 1 is 1.03 bits per heavy atom. The summed E-state index contributed by atoms with van der Waals surface area (Å²) < 4.78 is 5.71. The number of carbonyl (C=O) groups excluding carboxylic acids is 2. The van der Waals surface area contributed by atoms with Crippen LogP contribution in [0.2, 0.25) is 0 Å². The Hall–Kier alpha value is -2.61. The highest BCUT2D eigenvalue weighted by molar-refractivity contribution is 5.94. The van der Waals surface area contributed by atoms with Gasteiger partial charge in [-0.15, -0.1) is 0 Å². The fourth-order valence-corrected chi connectivity index (χ4v) is 4.03. The molecule has 170 valence electrons. The maximum absolute atomic E-state index is 12.8. The standard InChI is InChI=1S/C23H35N5O3/c1-4-24-23(26-14-21(29)27-11-5-6-12-27)25-13-19-7-9-20(10-8-19)22(30)28-15-17(2)31-18(3)16-28/h7-10,17-18H,4-6,11-16H2,1-3H3,(H2,24,25,26). The van der Waals surface area contributed by atoms with Crippen molar-refractivity contribution in [2.45, 2.75) is 52.4 Å². The van der Waals surface area contributed by atoms with Crippen molar-refractivity contribution in [1.82, 2.24) is 20.4 Å². The second-order valence-corrected chi connectivity index (χ2v) is 8.30. The van der Waals surface area contributed by atoms with Crippen LogP contribution in [-0.4, -0.2) is 79.1 Å². The average molecular weight is 430 g/mol. The van der Waals surface area contributed by atoms with Crippen molar-refractivity contribution in [1.29, 1.82) is 0 Å². The number of guanidine groups is 1. The zero-order valence-electron chi connectivity index (χ0n) is 18.9. The molecular formula is C23H35N5O3. The fraction of sp³-hybridized carbons (Fsp3) is 0.609. The molecule has 0 saturated carbocycles. The molecule has 2 heterocycles. The normalized spacial score (nSPS) is 21.8. The number of likely N-dealkylation sites (tertiary alicyclic amines) is 1. The van der Waals surface area contributed by atoms with Crippen LogP contribution < -0.4 is 10.6 Å². The van der Waals surface area contributed by atoms with E-state index < -0.39 is 0 Å². The molecule has 1 aromatic carbocycles. The van der Waals surface area contributed by atoms with Gasteiger partial charge in [0.1, 0.15) is 0 Å². The van der Waals surface area contributed by atoms with Gasteiger partial charge in [0.2, 0.25) is 5.91 Å². The van der Waals surface area contributed by atoms with Crippen LogP contribution in [0.25, 0.3) is 0 Å². The molecule has 2 unspecified atom stereocenters. The third-order valence-corrected chi connectivity index (χ3v) is 5.54. The van der Waals surface area contributed by atoms with Crippen LogP contribution in [0.5, 0.6) is 0 Å². The molecule has 2 atom stereocenters. The lowest BCUT2D eigenvalue weighted by Gasteiger charge is -2.35. The van der Waals surface area contributed by atoms with E-state index in [1.165, 1.54) is 0 Å². The highest BCUT2D eigenvalue weighted by atomic mass is 16.5. The average Bonchev–Trinajstić information content (AvgIpc) is 3.30. The largest absolute Gasteiger partial charge is 0.372 e. The number of carbonyl (C=O) groups is 2. The lowest BCUT2D eigenvalue weighted by atomic mass is 10.1. The lowest BCUT2D eigenvalue weighted by Crippen LogP contribution is -2.48. The first kappa shape index (κ1) is 23.1. The van der Waals surface area contributed by atoms with Crippen LogP contribution in [0.4, 0.5) is 0 Å². The highest BCUT2D eigenvalue weighted by Crippen LogP contribution is 2.15. The van der Waals surface area contributed by atoms with Gasteiger partial charge < -0.3 is 25.2 Å². The quantitative estimate of drug-likeness (QED) is 0.530. The Balaban J connectivity index is 1.54. The van der Waals surface area contributed by atoms with Gasteiger partial charge in [0.25, 0.3) is 5.91 Å². The van der Waals surface area contributed by atoms with Crippen molar-refractivity contribution < 1.29 is 14.3 Å². The Labute approximate surface area is 185 Å². The predicted octanol–water partition coefficient (Wildman–Crippen LogP) is 1.61.